The zero-order valence-corrected chi connectivity index (χ0v) is 7.76. The first-order chi connectivity index (χ1) is 6.84. The van der Waals surface area contributed by atoms with Gasteiger partial charge in [0.2, 0.25) is 0 Å². The predicted molar refractivity (Wildman–Crippen MR) is 53.2 cm³/mol. The number of rotatable bonds is 2. The topological polar surface area (TPSA) is 85.1 Å². The second-order valence-electron chi connectivity index (χ2n) is 3.13. The van der Waals surface area contributed by atoms with Crippen LogP contribution in [0.15, 0.2) is 16.0 Å². The van der Waals surface area contributed by atoms with Crippen LogP contribution >= 0.6 is 0 Å². The van der Waals surface area contributed by atoms with Gasteiger partial charge in [-0.3, -0.25) is 4.99 Å². The summed E-state index contributed by atoms with van der Waals surface area (Å²) in [5, 5.41) is 6.23. The maximum absolute atomic E-state index is 10.8. The highest BCUT2D eigenvalue weighted by Gasteiger charge is 2.03. The average molecular weight is 195 g/mol. The number of hydrogen-bond donors (Lipinski definition) is 4. The van der Waals surface area contributed by atoms with Gasteiger partial charge in [0, 0.05) is 19.3 Å². The Hall–Kier alpha value is -1.72. The van der Waals surface area contributed by atoms with Crippen LogP contribution in [0.2, 0.25) is 0 Å². The molecule has 0 saturated heterocycles. The van der Waals surface area contributed by atoms with Gasteiger partial charge >= 0.3 is 5.69 Å². The number of nitrogens with zero attached hydrogens (tertiary/aromatic N) is 1. The Balaban J connectivity index is 1.87. The summed E-state index contributed by atoms with van der Waals surface area (Å²) in [4.78, 5) is 20.2. The minimum absolute atomic E-state index is 0.180. The van der Waals surface area contributed by atoms with Gasteiger partial charge in [0.15, 0.2) is 5.96 Å². The predicted octanol–water partition coefficient (Wildman–Crippen LogP) is -0.858. The second-order valence-corrected chi connectivity index (χ2v) is 3.13. The molecule has 0 amide bonds. The van der Waals surface area contributed by atoms with Crippen molar-refractivity contribution in [2.24, 2.45) is 4.99 Å². The normalized spacial score (nSPS) is 15.9. The Kier molecular flexibility index (Phi) is 2.53. The molecule has 0 saturated carbocycles. The van der Waals surface area contributed by atoms with Gasteiger partial charge in [-0.05, 0) is 6.42 Å². The van der Waals surface area contributed by atoms with E-state index in [1.165, 1.54) is 0 Å². The first kappa shape index (κ1) is 8.86. The molecule has 0 unspecified atom stereocenters. The van der Waals surface area contributed by atoms with Gasteiger partial charge in [-0.25, -0.2) is 4.79 Å². The van der Waals surface area contributed by atoms with Crippen molar-refractivity contribution in [1.29, 1.82) is 0 Å². The molecule has 6 heteroatoms. The van der Waals surface area contributed by atoms with Crippen LogP contribution in [-0.4, -0.2) is 29.0 Å². The number of aliphatic imine (C=N–C) groups is 1. The molecular formula is C8H13N5O. The molecule has 0 fully saturated rings. The number of guanidine groups is 1. The highest BCUT2D eigenvalue weighted by Crippen LogP contribution is 1.90. The van der Waals surface area contributed by atoms with E-state index in [0.29, 0.717) is 6.54 Å². The monoisotopic (exact) mass is 195 g/mol. The molecule has 1 aromatic heterocycles. The van der Waals surface area contributed by atoms with Gasteiger partial charge in [0.25, 0.3) is 0 Å². The van der Waals surface area contributed by atoms with Crippen molar-refractivity contribution >= 4 is 5.96 Å². The Labute approximate surface area is 80.8 Å². The van der Waals surface area contributed by atoms with Gasteiger partial charge in [-0.2, -0.15) is 0 Å². The quantitative estimate of drug-likeness (QED) is 0.495. The van der Waals surface area contributed by atoms with E-state index in [0.717, 1.165) is 31.2 Å². The van der Waals surface area contributed by atoms with Crippen LogP contribution in [-0.2, 0) is 6.54 Å². The summed E-state index contributed by atoms with van der Waals surface area (Å²) in [6.45, 7) is 2.39. The lowest BCUT2D eigenvalue weighted by molar-refractivity contribution is 0.699. The zero-order valence-electron chi connectivity index (χ0n) is 7.76. The maximum atomic E-state index is 10.8. The molecule has 4 N–H and O–H groups in total. The van der Waals surface area contributed by atoms with Crippen LogP contribution in [0.4, 0.5) is 0 Å². The van der Waals surface area contributed by atoms with Gasteiger partial charge < -0.3 is 20.6 Å². The highest BCUT2D eigenvalue weighted by molar-refractivity contribution is 5.80. The van der Waals surface area contributed by atoms with Crippen molar-refractivity contribution in [1.82, 2.24) is 20.6 Å². The average Bonchev–Trinajstić information content (AvgIpc) is 2.63. The molecule has 0 aromatic carbocycles. The molecule has 76 valence electrons. The molecule has 14 heavy (non-hydrogen) atoms. The van der Waals surface area contributed by atoms with Crippen molar-refractivity contribution < 1.29 is 0 Å². The first-order valence-electron chi connectivity index (χ1n) is 4.63. The van der Waals surface area contributed by atoms with Crippen LogP contribution < -0.4 is 16.3 Å². The summed E-state index contributed by atoms with van der Waals surface area (Å²) in [7, 11) is 0. The highest BCUT2D eigenvalue weighted by atomic mass is 16.1. The summed E-state index contributed by atoms with van der Waals surface area (Å²) in [6.07, 6.45) is 2.73. The Morgan fingerprint density at radius 2 is 2.50 bits per heavy atom. The fourth-order valence-electron chi connectivity index (χ4n) is 1.30. The molecule has 0 aliphatic carbocycles. The molecule has 1 aromatic rings. The number of aromatic amines is 2. The van der Waals surface area contributed by atoms with Crippen LogP contribution in [0.3, 0.4) is 0 Å². The van der Waals surface area contributed by atoms with Gasteiger partial charge in [-0.15, -0.1) is 0 Å². The molecular weight excluding hydrogens is 182 g/mol. The van der Waals surface area contributed by atoms with E-state index >= 15 is 0 Å². The van der Waals surface area contributed by atoms with E-state index in [-0.39, 0.29) is 5.69 Å². The Morgan fingerprint density at radius 1 is 1.57 bits per heavy atom. The SMILES string of the molecule is O=c1[nH]cc(CNC2=NCCCN2)[nH]1. The molecule has 2 heterocycles. The third kappa shape index (κ3) is 2.15. The lowest BCUT2D eigenvalue weighted by Crippen LogP contribution is -2.40. The zero-order chi connectivity index (χ0) is 9.80. The number of aromatic nitrogens is 2. The summed E-state index contributed by atoms with van der Waals surface area (Å²) < 4.78 is 0. The number of nitrogens with one attached hydrogen (secondary N) is 4. The Bertz CT molecular complexity index is 377. The molecule has 0 radical (unpaired) electrons. The van der Waals surface area contributed by atoms with E-state index < -0.39 is 0 Å². The summed E-state index contributed by atoms with van der Waals surface area (Å²) in [5.41, 5.74) is 0.644. The van der Waals surface area contributed by atoms with Gasteiger partial charge in [0.1, 0.15) is 0 Å². The van der Waals surface area contributed by atoms with Crippen LogP contribution in [0, 0.1) is 0 Å². The Morgan fingerprint density at radius 3 is 3.14 bits per heavy atom. The van der Waals surface area contributed by atoms with Gasteiger partial charge in [0.05, 0.1) is 12.2 Å². The lowest BCUT2D eigenvalue weighted by Gasteiger charge is -2.15. The van der Waals surface area contributed by atoms with Crippen molar-refractivity contribution in [3.63, 3.8) is 0 Å². The van der Waals surface area contributed by atoms with Crippen molar-refractivity contribution in [3.05, 3.63) is 22.4 Å². The molecule has 2 rings (SSSR count). The first-order valence-corrected chi connectivity index (χ1v) is 4.63. The largest absolute Gasteiger partial charge is 0.356 e. The third-order valence-electron chi connectivity index (χ3n) is 2.00. The third-order valence-corrected chi connectivity index (χ3v) is 2.00. The van der Waals surface area contributed by atoms with Gasteiger partial charge in [-0.1, -0.05) is 0 Å². The molecule has 0 atom stereocenters. The standard InChI is InChI=1S/C8H13N5O/c14-8-12-5-6(13-8)4-11-7-9-2-1-3-10-7/h5H,1-4H2,(H2,9,10,11)(H2,12,13,14). The lowest BCUT2D eigenvalue weighted by atomic mass is 10.4. The molecule has 6 nitrogen and oxygen atoms in total. The summed E-state index contributed by atoms with van der Waals surface area (Å²) in [5.74, 6) is 0.804. The molecule has 1 aliphatic rings. The van der Waals surface area contributed by atoms with Crippen LogP contribution in [0.25, 0.3) is 0 Å². The number of imidazole rings is 1. The van der Waals surface area contributed by atoms with Crippen molar-refractivity contribution in [2.75, 3.05) is 13.1 Å². The molecule has 0 spiro atoms. The molecule has 1 aliphatic heterocycles. The van der Waals surface area contributed by atoms with E-state index in [4.69, 9.17) is 0 Å². The fraction of sp³-hybridized carbons (Fsp3) is 0.500. The van der Waals surface area contributed by atoms with E-state index in [1.807, 2.05) is 0 Å². The minimum atomic E-state index is -0.180. The van der Waals surface area contributed by atoms with E-state index in [2.05, 4.69) is 25.6 Å². The minimum Gasteiger partial charge on any atom is -0.356 e. The van der Waals surface area contributed by atoms with E-state index in [9.17, 15) is 4.79 Å². The number of hydrogen-bond acceptors (Lipinski definition) is 4. The number of H-pyrrole nitrogens is 2. The maximum Gasteiger partial charge on any atom is 0.323 e. The van der Waals surface area contributed by atoms with Crippen molar-refractivity contribution in [2.45, 2.75) is 13.0 Å². The van der Waals surface area contributed by atoms with Crippen molar-refractivity contribution in [3.8, 4) is 0 Å². The van der Waals surface area contributed by atoms with Crippen LogP contribution in [0.1, 0.15) is 12.1 Å². The van der Waals surface area contributed by atoms with Crippen LogP contribution in [0.5, 0.6) is 0 Å². The fourth-order valence-corrected chi connectivity index (χ4v) is 1.30. The summed E-state index contributed by atoms with van der Waals surface area (Å²) in [6, 6.07) is 0. The summed E-state index contributed by atoms with van der Waals surface area (Å²) >= 11 is 0. The smallest absolute Gasteiger partial charge is 0.323 e. The van der Waals surface area contributed by atoms with E-state index in [1.54, 1.807) is 6.20 Å². The second kappa shape index (κ2) is 3.99. The molecule has 0 bridgehead atoms.